The SMILES string of the molecule is O=C(c1cn[nH]c1C1CCCCC1)N1CCCCC1CCn1cccn1. The Balaban J connectivity index is 1.47. The van der Waals surface area contributed by atoms with E-state index in [1.54, 1.807) is 6.20 Å². The van der Waals surface area contributed by atoms with E-state index in [1.165, 1.54) is 38.5 Å². The average molecular weight is 355 g/mol. The number of nitrogens with one attached hydrogen (secondary N) is 1. The highest BCUT2D eigenvalue weighted by Gasteiger charge is 2.31. The van der Waals surface area contributed by atoms with Crippen molar-refractivity contribution in [1.29, 1.82) is 0 Å². The van der Waals surface area contributed by atoms with Gasteiger partial charge in [-0.15, -0.1) is 0 Å². The first-order chi connectivity index (χ1) is 12.8. The van der Waals surface area contributed by atoms with Crippen molar-refractivity contribution in [3.8, 4) is 0 Å². The van der Waals surface area contributed by atoms with Gasteiger partial charge in [0.1, 0.15) is 0 Å². The second kappa shape index (κ2) is 8.06. The van der Waals surface area contributed by atoms with Gasteiger partial charge in [-0.05, 0) is 44.6 Å². The van der Waals surface area contributed by atoms with Gasteiger partial charge in [-0.3, -0.25) is 14.6 Å². The van der Waals surface area contributed by atoms with Crippen LogP contribution in [-0.4, -0.2) is 43.4 Å². The highest BCUT2D eigenvalue weighted by atomic mass is 16.2. The number of rotatable bonds is 5. The third kappa shape index (κ3) is 3.69. The van der Waals surface area contributed by atoms with Crippen molar-refractivity contribution in [2.45, 2.75) is 76.3 Å². The molecule has 1 amide bonds. The van der Waals surface area contributed by atoms with Crippen molar-refractivity contribution in [3.63, 3.8) is 0 Å². The van der Waals surface area contributed by atoms with Crippen molar-refractivity contribution in [3.05, 3.63) is 35.9 Å². The lowest BCUT2D eigenvalue weighted by Crippen LogP contribution is -2.44. The lowest BCUT2D eigenvalue weighted by Gasteiger charge is -2.36. The first-order valence-electron chi connectivity index (χ1n) is 10.1. The van der Waals surface area contributed by atoms with Crippen LogP contribution in [0.4, 0.5) is 0 Å². The summed E-state index contributed by atoms with van der Waals surface area (Å²) in [6, 6.07) is 2.25. The summed E-state index contributed by atoms with van der Waals surface area (Å²) in [6.45, 7) is 1.72. The number of hydrogen-bond donors (Lipinski definition) is 1. The van der Waals surface area contributed by atoms with E-state index < -0.39 is 0 Å². The number of aromatic amines is 1. The zero-order valence-corrected chi connectivity index (χ0v) is 15.4. The van der Waals surface area contributed by atoms with Gasteiger partial charge in [0.05, 0.1) is 17.5 Å². The number of aryl methyl sites for hydroxylation is 1. The summed E-state index contributed by atoms with van der Waals surface area (Å²) in [4.78, 5) is 15.4. The lowest BCUT2D eigenvalue weighted by atomic mass is 9.85. The Morgan fingerprint density at radius 2 is 2.00 bits per heavy atom. The number of nitrogens with zero attached hydrogens (tertiary/aromatic N) is 4. The van der Waals surface area contributed by atoms with E-state index in [0.29, 0.717) is 12.0 Å². The summed E-state index contributed by atoms with van der Waals surface area (Å²) in [5, 5.41) is 11.7. The monoisotopic (exact) mass is 355 g/mol. The Kier molecular flexibility index (Phi) is 5.37. The van der Waals surface area contributed by atoms with Crippen LogP contribution in [0.25, 0.3) is 0 Å². The van der Waals surface area contributed by atoms with E-state index in [9.17, 15) is 4.79 Å². The quantitative estimate of drug-likeness (QED) is 0.888. The highest BCUT2D eigenvalue weighted by Crippen LogP contribution is 2.34. The molecule has 26 heavy (non-hydrogen) atoms. The molecule has 3 heterocycles. The standard InChI is InChI=1S/C20H29N5O/c26-20(18-15-21-23-19(18)16-7-2-1-3-8-16)25-13-5-4-9-17(25)10-14-24-12-6-11-22-24/h6,11-12,15-17H,1-5,7-10,13-14H2,(H,21,23). The summed E-state index contributed by atoms with van der Waals surface area (Å²) >= 11 is 0. The molecule has 4 rings (SSSR count). The number of H-pyrrole nitrogens is 1. The number of hydrogen-bond acceptors (Lipinski definition) is 3. The molecule has 0 bridgehead atoms. The Morgan fingerprint density at radius 3 is 2.81 bits per heavy atom. The molecule has 2 aromatic heterocycles. The summed E-state index contributed by atoms with van der Waals surface area (Å²) in [5.74, 6) is 0.641. The molecule has 1 N–H and O–H groups in total. The number of aromatic nitrogens is 4. The largest absolute Gasteiger partial charge is 0.335 e. The van der Waals surface area contributed by atoms with Crippen molar-refractivity contribution in [1.82, 2.24) is 24.9 Å². The molecule has 2 aliphatic rings. The van der Waals surface area contributed by atoms with Crippen molar-refractivity contribution in [2.24, 2.45) is 0 Å². The molecular weight excluding hydrogens is 326 g/mol. The first kappa shape index (κ1) is 17.3. The van der Waals surface area contributed by atoms with E-state index in [1.807, 2.05) is 23.1 Å². The van der Waals surface area contributed by atoms with Gasteiger partial charge in [0.2, 0.25) is 0 Å². The molecule has 2 fully saturated rings. The number of carbonyl (C=O) groups is 1. The minimum atomic E-state index is 0.171. The van der Waals surface area contributed by atoms with Crippen LogP contribution in [0.2, 0.25) is 0 Å². The summed E-state index contributed by atoms with van der Waals surface area (Å²) in [7, 11) is 0. The lowest BCUT2D eigenvalue weighted by molar-refractivity contribution is 0.0592. The number of carbonyl (C=O) groups excluding carboxylic acids is 1. The van der Waals surface area contributed by atoms with Gasteiger partial charge in [0.15, 0.2) is 0 Å². The molecule has 1 unspecified atom stereocenters. The Hall–Kier alpha value is -2.11. The number of piperidine rings is 1. The fraction of sp³-hybridized carbons (Fsp3) is 0.650. The second-order valence-electron chi connectivity index (χ2n) is 7.74. The molecule has 6 nitrogen and oxygen atoms in total. The average Bonchev–Trinajstić information content (AvgIpc) is 3.38. The number of amides is 1. The van der Waals surface area contributed by atoms with Gasteiger partial charge in [-0.25, -0.2) is 0 Å². The minimum absolute atomic E-state index is 0.171. The number of likely N-dealkylation sites (tertiary alicyclic amines) is 1. The Bertz CT molecular complexity index is 702. The molecule has 0 aromatic carbocycles. The van der Waals surface area contributed by atoms with Gasteiger partial charge in [0, 0.05) is 37.4 Å². The molecule has 0 spiro atoms. The molecule has 1 aliphatic heterocycles. The van der Waals surface area contributed by atoms with Crippen LogP contribution in [0.5, 0.6) is 0 Å². The fourth-order valence-corrected chi connectivity index (χ4v) is 4.61. The van der Waals surface area contributed by atoms with Gasteiger partial charge >= 0.3 is 0 Å². The topological polar surface area (TPSA) is 66.8 Å². The highest BCUT2D eigenvalue weighted by molar-refractivity contribution is 5.95. The predicted molar refractivity (Wildman–Crippen MR) is 99.9 cm³/mol. The molecule has 1 saturated carbocycles. The summed E-state index contributed by atoms with van der Waals surface area (Å²) in [6.07, 6.45) is 16.1. The summed E-state index contributed by atoms with van der Waals surface area (Å²) in [5.41, 5.74) is 1.88. The van der Waals surface area contributed by atoms with E-state index in [2.05, 4.69) is 20.2 Å². The molecule has 0 radical (unpaired) electrons. The minimum Gasteiger partial charge on any atom is -0.335 e. The van der Waals surface area contributed by atoms with Crippen LogP contribution in [0, 0.1) is 0 Å². The molecule has 1 atom stereocenters. The first-order valence-corrected chi connectivity index (χ1v) is 10.1. The van der Waals surface area contributed by atoms with Gasteiger partial charge in [-0.2, -0.15) is 10.2 Å². The second-order valence-corrected chi connectivity index (χ2v) is 7.74. The molecule has 1 aliphatic carbocycles. The predicted octanol–water partition coefficient (Wildman–Crippen LogP) is 3.74. The molecule has 2 aromatic rings. The van der Waals surface area contributed by atoms with Crippen molar-refractivity contribution < 1.29 is 4.79 Å². The van der Waals surface area contributed by atoms with Gasteiger partial charge in [-0.1, -0.05) is 19.3 Å². The third-order valence-corrected chi connectivity index (χ3v) is 6.05. The van der Waals surface area contributed by atoms with Crippen molar-refractivity contribution in [2.75, 3.05) is 6.54 Å². The van der Waals surface area contributed by atoms with Crippen LogP contribution in [0.1, 0.15) is 79.8 Å². The van der Waals surface area contributed by atoms with E-state index in [4.69, 9.17) is 0 Å². The zero-order chi connectivity index (χ0) is 17.8. The van der Waals surface area contributed by atoms with Crippen molar-refractivity contribution >= 4 is 5.91 Å². The fourth-order valence-electron chi connectivity index (χ4n) is 4.61. The maximum atomic E-state index is 13.3. The third-order valence-electron chi connectivity index (χ3n) is 6.05. The van der Waals surface area contributed by atoms with Gasteiger partial charge in [0.25, 0.3) is 5.91 Å². The van der Waals surface area contributed by atoms with E-state index >= 15 is 0 Å². The molecule has 1 saturated heterocycles. The van der Waals surface area contributed by atoms with Crippen LogP contribution < -0.4 is 0 Å². The molecular formula is C20H29N5O. The zero-order valence-electron chi connectivity index (χ0n) is 15.4. The molecule has 6 heteroatoms. The van der Waals surface area contributed by atoms with Gasteiger partial charge < -0.3 is 4.90 Å². The normalized spacial score (nSPS) is 21.8. The van der Waals surface area contributed by atoms with Crippen LogP contribution >= 0.6 is 0 Å². The van der Waals surface area contributed by atoms with Crippen LogP contribution in [-0.2, 0) is 6.54 Å². The van der Waals surface area contributed by atoms with E-state index in [-0.39, 0.29) is 5.91 Å². The van der Waals surface area contributed by atoms with Crippen LogP contribution in [0.15, 0.2) is 24.7 Å². The van der Waals surface area contributed by atoms with E-state index in [0.717, 1.165) is 43.6 Å². The smallest absolute Gasteiger partial charge is 0.257 e. The van der Waals surface area contributed by atoms with Crippen LogP contribution in [0.3, 0.4) is 0 Å². The Morgan fingerprint density at radius 1 is 1.15 bits per heavy atom. The maximum absolute atomic E-state index is 13.3. The summed E-state index contributed by atoms with van der Waals surface area (Å²) < 4.78 is 1.96. The maximum Gasteiger partial charge on any atom is 0.257 e. The molecule has 140 valence electrons. The Labute approximate surface area is 155 Å².